The molecule has 12 heteroatoms. The van der Waals surface area contributed by atoms with Crippen molar-refractivity contribution in [1.29, 1.82) is 0 Å². The van der Waals surface area contributed by atoms with E-state index < -0.39 is 36.2 Å². The van der Waals surface area contributed by atoms with Crippen LogP contribution in [0.5, 0.6) is 11.5 Å². The summed E-state index contributed by atoms with van der Waals surface area (Å²) in [7, 11) is 0. The van der Waals surface area contributed by atoms with Gasteiger partial charge in [-0.1, -0.05) is 64.4 Å². The van der Waals surface area contributed by atoms with E-state index >= 15 is 0 Å². The van der Waals surface area contributed by atoms with Crippen LogP contribution < -0.4 is 4.74 Å². The first-order chi connectivity index (χ1) is 26.0. The molecule has 0 N–H and O–H groups in total. The number of aryl methyl sites for hydroxylation is 1. The van der Waals surface area contributed by atoms with Gasteiger partial charge in [-0.05, 0) is 78.8 Å². The molecule has 56 heavy (non-hydrogen) atoms. The van der Waals surface area contributed by atoms with Crippen molar-refractivity contribution < 1.29 is 52.1 Å². The minimum absolute atomic E-state index is 0. The number of hydrogen-bond donors (Lipinski definition) is 0. The Morgan fingerprint density at radius 3 is 2.30 bits per heavy atom. The van der Waals surface area contributed by atoms with E-state index in [1.165, 1.54) is 17.2 Å². The van der Waals surface area contributed by atoms with E-state index in [2.05, 4.69) is 48.6 Å². The van der Waals surface area contributed by atoms with E-state index in [9.17, 15) is 26.3 Å². The molecule has 0 amide bonds. The molecule has 0 radical (unpaired) electrons. The number of aromatic nitrogens is 4. The van der Waals surface area contributed by atoms with E-state index in [0.717, 1.165) is 33.7 Å². The molecule has 3 aromatic heterocycles. The van der Waals surface area contributed by atoms with Crippen LogP contribution in [0.15, 0.2) is 84.6 Å². The fourth-order valence-corrected chi connectivity index (χ4v) is 7.84. The number of halogens is 6. The van der Waals surface area contributed by atoms with Crippen molar-refractivity contribution in [3.63, 3.8) is 0 Å². The summed E-state index contributed by atoms with van der Waals surface area (Å²) in [5.41, 5.74) is 2.40. The predicted octanol–water partition coefficient (Wildman–Crippen LogP) is 12.6. The Bertz CT molecular complexity index is 2390. The first-order valence-corrected chi connectivity index (χ1v) is 18.6. The molecule has 0 spiro atoms. The molecule has 1 aliphatic rings. The maximum atomic E-state index is 14.5. The van der Waals surface area contributed by atoms with Crippen LogP contribution in [0.25, 0.3) is 33.3 Å². The summed E-state index contributed by atoms with van der Waals surface area (Å²) >= 11 is 0. The molecule has 2 unspecified atom stereocenters. The van der Waals surface area contributed by atoms with Gasteiger partial charge in [-0.2, -0.15) is 43.6 Å². The van der Waals surface area contributed by atoms with Crippen LogP contribution in [-0.4, -0.2) is 31.7 Å². The molecule has 0 saturated carbocycles. The second kappa shape index (κ2) is 15.9. The fourth-order valence-electron chi connectivity index (χ4n) is 7.84. The molecular weight excluding hydrogens is 910 g/mol. The second-order valence-electron chi connectivity index (χ2n) is 15.2. The minimum Gasteiger partial charge on any atom is -0.509 e. The van der Waals surface area contributed by atoms with Crippen molar-refractivity contribution in [3.8, 4) is 23.0 Å². The summed E-state index contributed by atoms with van der Waals surface area (Å²) in [4.78, 5) is 4.75. The molecule has 1 aliphatic carbocycles. The van der Waals surface area contributed by atoms with Crippen LogP contribution in [0.3, 0.4) is 0 Å². The zero-order chi connectivity index (χ0) is 39.4. The molecule has 0 bridgehead atoms. The molecule has 0 aliphatic heterocycles. The maximum Gasteiger partial charge on any atom is 2.00 e. The number of rotatable bonds is 9. The molecule has 5 nitrogen and oxygen atoms in total. The zero-order valence-corrected chi connectivity index (χ0v) is 34.1. The molecular formula is C44H42F6N4OPt. The first kappa shape index (κ1) is 41.3. The topological polar surface area (TPSA) is 44.9 Å². The van der Waals surface area contributed by atoms with Gasteiger partial charge >= 0.3 is 33.4 Å². The summed E-state index contributed by atoms with van der Waals surface area (Å²) < 4.78 is 96.5. The third kappa shape index (κ3) is 7.93. The first-order valence-electron chi connectivity index (χ1n) is 18.6. The monoisotopic (exact) mass is 951 g/mol. The summed E-state index contributed by atoms with van der Waals surface area (Å²) in [5.74, 6) is -2.09. The Kier molecular flexibility index (Phi) is 11.7. The molecule has 296 valence electrons. The maximum absolute atomic E-state index is 14.5. The van der Waals surface area contributed by atoms with Crippen molar-refractivity contribution >= 4 is 21.8 Å². The van der Waals surface area contributed by atoms with Gasteiger partial charge in [0.1, 0.15) is 5.82 Å². The van der Waals surface area contributed by atoms with Gasteiger partial charge in [-0.3, -0.25) is 4.68 Å². The number of pyridine rings is 1. The summed E-state index contributed by atoms with van der Waals surface area (Å²) in [6.45, 7) is 11.8. The van der Waals surface area contributed by atoms with Crippen molar-refractivity contribution in [2.75, 3.05) is 0 Å². The number of allylic oxidation sites excluding steroid dienone is 2. The number of alkyl halides is 6. The van der Waals surface area contributed by atoms with Gasteiger partial charge in [0.2, 0.25) is 0 Å². The summed E-state index contributed by atoms with van der Waals surface area (Å²) in [6, 6.07) is 27.6. The van der Waals surface area contributed by atoms with Gasteiger partial charge in [0.15, 0.2) is 0 Å². The molecule has 0 fully saturated rings. The molecule has 3 heterocycles. The van der Waals surface area contributed by atoms with E-state index in [1.54, 1.807) is 24.3 Å². The van der Waals surface area contributed by atoms with Gasteiger partial charge in [0.05, 0.1) is 11.6 Å². The third-order valence-corrected chi connectivity index (χ3v) is 10.7. The normalized spacial score (nSPS) is 17.1. The average Bonchev–Trinajstić information content (AvgIpc) is 3.63. The van der Waals surface area contributed by atoms with Crippen LogP contribution in [-0.2, 0) is 27.5 Å². The zero-order valence-electron chi connectivity index (χ0n) is 31.8. The summed E-state index contributed by atoms with van der Waals surface area (Å²) in [6.07, 6.45) is -7.60. The van der Waals surface area contributed by atoms with E-state index in [0.29, 0.717) is 23.3 Å². The SMILES string of the molecule is Cc1nn(-c2[c-]c(Oc3[c-]c4c(cc3)c3ccccc3n4-c3cc(C(C)C(C)C)ccn3)ccc2)c(CC(C)C)c1C1C(C(F)(F)F)=CCC[C@@H]1C(F)(F)F.[Pt+2]. The van der Waals surface area contributed by atoms with Crippen molar-refractivity contribution in [1.82, 2.24) is 19.3 Å². The molecule has 0 saturated heterocycles. The Morgan fingerprint density at radius 1 is 0.875 bits per heavy atom. The van der Waals surface area contributed by atoms with E-state index in [4.69, 9.17) is 9.72 Å². The predicted molar refractivity (Wildman–Crippen MR) is 202 cm³/mol. The molecule has 3 aromatic carbocycles. The summed E-state index contributed by atoms with van der Waals surface area (Å²) in [5, 5.41) is 6.56. The minimum atomic E-state index is -4.94. The van der Waals surface area contributed by atoms with Crippen LogP contribution in [0.2, 0.25) is 0 Å². The van der Waals surface area contributed by atoms with E-state index in [-0.39, 0.29) is 62.5 Å². The number of hydrogen-bond acceptors (Lipinski definition) is 3. The smallest absolute Gasteiger partial charge is 0.509 e. The quantitative estimate of drug-likeness (QED) is 0.0824. The number of ether oxygens (including phenoxy) is 1. The van der Waals surface area contributed by atoms with Gasteiger partial charge < -0.3 is 9.30 Å². The average molecular weight is 952 g/mol. The number of nitrogens with zero attached hydrogens (tertiary/aromatic N) is 4. The van der Waals surface area contributed by atoms with Gasteiger partial charge in [-0.25, -0.2) is 4.98 Å². The standard InChI is InChI=1S/C44H42F6N4O.Pt/c1-25(2)21-39-41(42-35(43(45,46)47)14-10-15-36(42)44(48,49)50)28(6)52-54(39)30-11-9-12-31(23-30)55-32-17-18-34-33-13-7-8-16-37(33)53(38(34)24-32)40-22-29(19-20-51-40)27(5)26(3)4;/h7-9,11-14,16-20,22,25-27,36,42H,10,15,21H2,1-6H3;/q-2;+2/t27?,36-,42?;/m0./s1. The number of para-hydroxylation sites is 1. The Morgan fingerprint density at radius 2 is 1.61 bits per heavy atom. The van der Waals surface area contributed by atoms with Crippen molar-refractivity contribution in [2.24, 2.45) is 17.8 Å². The van der Waals surface area contributed by atoms with Crippen LogP contribution in [0.1, 0.15) is 81.8 Å². The van der Waals surface area contributed by atoms with Gasteiger partial charge in [0.25, 0.3) is 0 Å². The van der Waals surface area contributed by atoms with Crippen LogP contribution in [0.4, 0.5) is 26.3 Å². The number of benzene rings is 3. The Balaban J connectivity index is 0.00000532. The van der Waals surface area contributed by atoms with Crippen molar-refractivity contribution in [3.05, 3.63) is 119 Å². The fraction of sp³-hybridized carbons (Fsp3) is 0.364. The Labute approximate surface area is 337 Å². The second-order valence-corrected chi connectivity index (χ2v) is 15.2. The van der Waals surface area contributed by atoms with Crippen molar-refractivity contribution in [2.45, 2.75) is 85.0 Å². The van der Waals surface area contributed by atoms with Crippen LogP contribution >= 0.6 is 0 Å². The molecule has 7 rings (SSSR count). The largest absolute Gasteiger partial charge is 2.00 e. The van der Waals surface area contributed by atoms with Gasteiger partial charge in [-0.15, -0.1) is 35.7 Å². The van der Waals surface area contributed by atoms with Gasteiger partial charge in [0, 0.05) is 46.0 Å². The van der Waals surface area contributed by atoms with Crippen LogP contribution in [0, 0.1) is 36.8 Å². The third-order valence-electron chi connectivity index (χ3n) is 10.7. The van der Waals surface area contributed by atoms with E-state index in [1.807, 2.05) is 56.4 Å². The molecule has 6 aromatic rings. The molecule has 3 atom stereocenters. The number of fused-ring (bicyclic) bond motifs is 3. The Hall–Kier alpha value is -4.37.